The van der Waals surface area contributed by atoms with Crippen LogP contribution < -0.4 is 36.6 Å². The third-order valence-electron chi connectivity index (χ3n) is 5.01. The molecule has 0 aliphatic carbocycles. The molecule has 7 atom stereocenters. The van der Waals surface area contributed by atoms with Crippen LogP contribution >= 0.6 is 31.3 Å². The van der Waals surface area contributed by atoms with Crippen molar-refractivity contribution in [1.29, 1.82) is 0 Å². The van der Waals surface area contributed by atoms with Crippen molar-refractivity contribution in [2.45, 2.75) is 57.5 Å². The van der Waals surface area contributed by atoms with Gasteiger partial charge in [-0.05, 0) is 26.3 Å². The van der Waals surface area contributed by atoms with Crippen LogP contribution in [0.2, 0.25) is 0 Å². The van der Waals surface area contributed by atoms with E-state index in [0.29, 0.717) is 25.8 Å². The predicted molar refractivity (Wildman–Crippen MR) is 124 cm³/mol. The van der Waals surface area contributed by atoms with E-state index in [2.05, 4.69) is 22.0 Å². The second kappa shape index (κ2) is 14.5. The molecule has 0 radical (unpaired) electrons. The smallest absolute Gasteiger partial charge is 0.330 e. The number of aliphatic hydroxyl groups excluding tert-OH is 1. The topological polar surface area (TPSA) is 317 Å². The zero-order chi connectivity index (χ0) is 30.4. The molecule has 1 saturated heterocycles. The average Bonchev–Trinajstić information content (AvgIpc) is 3.15. The van der Waals surface area contributed by atoms with Gasteiger partial charge in [-0.1, -0.05) is 12.8 Å². The van der Waals surface area contributed by atoms with Crippen LogP contribution in [0.5, 0.6) is 0 Å². The highest BCUT2D eigenvalue weighted by Crippen LogP contribution is 2.66. The van der Waals surface area contributed by atoms with Gasteiger partial charge in [0, 0.05) is 18.2 Å². The predicted octanol–water partition coefficient (Wildman–Crippen LogP) is -2.03. The number of aryl methyl sites for hydroxylation is 1. The molecule has 2 rings (SSSR count). The molecule has 0 amide bonds. The van der Waals surface area contributed by atoms with Gasteiger partial charge in [0.05, 0.1) is 19.3 Å². The van der Waals surface area contributed by atoms with E-state index in [4.69, 9.17) is 10.5 Å². The van der Waals surface area contributed by atoms with Crippen LogP contribution in [0.3, 0.4) is 0 Å². The van der Waals surface area contributed by atoms with Gasteiger partial charge in [0.2, 0.25) is 0 Å². The molecule has 232 valence electrons. The minimum atomic E-state index is -6.38. The Bertz CT molecular complexity index is 1320. The normalized spacial score (nSPS) is 25.5. The first kappa shape index (κ1) is 35.3. The van der Waals surface area contributed by atoms with Crippen molar-refractivity contribution in [3.63, 3.8) is 0 Å². The van der Waals surface area contributed by atoms with Crippen molar-refractivity contribution < 1.29 is 69.7 Å². The van der Waals surface area contributed by atoms with E-state index < -0.39 is 74.2 Å². The van der Waals surface area contributed by atoms with Crippen molar-refractivity contribution >= 4 is 31.3 Å². The van der Waals surface area contributed by atoms with Crippen LogP contribution in [0.15, 0.2) is 15.8 Å². The molecule has 4 N–H and O–H groups in total. The Labute approximate surface area is 226 Å². The largest absolute Gasteiger partial charge is 0.756 e. The van der Waals surface area contributed by atoms with E-state index in [0.717, 1.165) is 10.8 Å². The summed E-state index contributed by atoms with van der Waals surface area (Å²) in [4.78, 5) is 72.5. The summed E-state index contributed by atoms with van der Waals surface area (Å²) in [6, 6.07) is 0. The fourth-order valence-corrected chi connectivity index (χ4v) is 8.00. The standard InChI is InChI=1S/C16H31N3O17P4/c1-11-9-19(16(22)18-15(11)21)14-8-12(20)13(33-14)10-32-38(25,26)35-40(29,30)36-39(27,28)34-37(23,24)31-7-5-3-2-4-6-17/h9,12-14,20H,2-8,10,17H2,1H3,(H,23,24)(H,25,26)(H,27,28)(H,29,30)(H,18,21,22)/p-4/t12?,13-,14-/m1/s1. The summed E-state index contributed by atoms with van der Waals surface area (Å²) >= 11 is 0. The Morgan fingerprint density at radius 3 is 2.12 bits per heavy atom. The number of ether oxygens (including phenoxy) is 1. The fraction of sp³-hybridized carbons (Fsp3) is 0.750. The number of rotatable bonds is 17. The van der Waals surface area contributed by atoms with Gasteiger partial charge in [-0.15, -0.1) is 0 Å². The molecule has 1 fully saturated rings. The van der Waals surface area contributed by atoms with Crippen molar-refractivity contribution in [2.24, 2.45) is 5.73 Å². The Morgan fingerprint density at radius 2 is 1.52 bits per heavy atom. The lowest BCUT2D eigenvalue weighted by molar-refractivity contribution is -0.254. The Morgan fingerprint density at radius 1 is 0.975 bits per heavy atom. The Hall–Kier alpha value is -0.880. The van der Waals surface area contributed by atoms with Gasteiger partial charge in [0.15, 0.2) is 0 Å². The summed E-state index contributed by atoms with van der Waals surface area (Å²) in [7, 11) is -24.3. The summed E-state index contributed by atoms with van der Waals surface area (Å²) in [5, 5.41) is 10.1. The van der Waals surface area contributed by atoms with Crippen LogP contribution in [-0.2, 0) is 45.0 Å². The molecule has 1 aliphatic heterocycles. The first-order chi connectivity index (χ1) is 18.4. The third kappa shape index (κ3) is 11.8. The maximum atomic E-state index is 12.0. The number of phosphoric acid groups is 4. The highest BCUT2D eigenvalue weighted by Gasteiger charge is 2.37. The number of hydrogen-bond acceptors (Lipinski definition) is 18. The zero-order valence-corrected chi connectivity index (χ0v) is 24.3. The van der Waals surface area contributed by atoms with E-state index in [1.165, 1.54) is 6.92 Å². The van der Waals surface area contributed by atoms with Crippen LogP contribution in [0.4, 0.5) is 0 Å². The molecule has 5 unspecified atom stereocenters. The molecular weight excluding hydrogens is 630 g/mol. The van der Waals surface area contributed by atoms with Crippen LogP contribution in [0.1, 0.15) is 43.9 Å². The minimum absolute atomic E-state index is 0.124. The number of aliphatic hydroxyl groups is 1. The van der Waals surface area contributed by atoms with Gasteiger partial charge in [-0.3, -0.25) is 32.6 Å². The molecule has 24 heteroatoms. The molecule has 2 heterocycles. The number of unbranched alkanes of at least 4 members (excludes halogenated alkanes) is 3. The number of nitrogens with one attached hydrogen (secondary N) is 1. The van der Waals surface area contributed by atoms with Crippen LogP contribution in [0, 0.1) is 6.92 Å². The first-order valence-corrected chi connectivity index (χ1v) is 17.2. The lowest BCUT2D eigenvalue weighted by Crippen LogP contribution is -2.33. The van der Waals surface area contributed by atoms with Gasteiger partial charge in [-0.2, -0.15) is 0 Å². The van der Waals surface area contributed by atoms with Gasteiger partial charge < -0.3 is 44.2 Å². The van der Waals surface area contributed by atoms with Gasteiger partial charge in [0.1, 0.15) is 12.3 Å². The van der Waals surface area contributed by atoms with Gasteiger partial charge in [0.25, 0.3) is 36.9 Å². The number of nitrogens with zero attached hydrogens (tertiary/aromatic N) is 1. The summed E-state index contributed by atoms with van der Waals surface area (Å²) in [5.41, 5.74) is 3.86. The molecule has 20 nitrogen and oxygen atoms in total. The van der Waals surface area contributed by atoms with Crippen LogP contribution in [-0.4, -0.2) is 46.6 Å². The second-order valence-electron chi connectivity index (χ2n) is 8.28. The number of aromatic nitrogens is 2. The van der Waals surface area contributed by atoms with Crippen molar-refractivity contribution in [1.82, 2.24) is 9.55 Å². The van der Waals surface area contributed by atoms with Crippen molar-refractivity contribution in [3.05, 3.63) is 32.6 Å². The quantitative estimate of drug-likeness (QED) is 0.120. The van der Waals surface area contributed by atoms with E-state index in [-0.39, 0.29) is 18.4 Å². The molecular formula is C16H27N3O17P4-4. The maximum absolute atomic E-state index is 12.0. The van der Waals surface area contributed by atoms with Gasteiger partial charge in [-0.25, -0.2) is 17.7 Å². The lowest BCUT2D eigenvalue weighted by atomic mass is 10.2. The molecule has 1 aromatic heterocycles. The highest BCUT2D eigenvalue weighted by atomic mass is 31.3. The summed E-state index contributed by atoms with van der Waals surface area (Å²) in [6.45, 7) is 0.218. The monoisotopic (exact) mass is 657 g/mol. The second-order valence-corrected chi connectivity index (χ2v) is 14.3. The van der Waals surface area contributed by atoms with E-state index in [9.17, 15) is 52.5 Å². The molecule has 1 aliphatic rings. The average molecular weight is 657 g/mol. The van der Waals surface area contributed by atoms with E-state index >= 15 is 0 Å². The lowest BCUT2D eigenvalue weighted by Gasteiger charge is -2.36. The minimum Gasteiger partial charge on any atom is -0.756 e. The molecule has 40 heavy (non-hydrogen) atoms. The molecule has 0 spiro atoms. The van der Waals surface area contributed by atoms with Gasteiger partial charge >= 0.3 is 5.69 Å². The Balaban J connectivity index is 1.90. The number of phosphoric ester groups is 2. The molecule has 1 aromatic rings. The summed E-state index contributed by atoms with van der Waals surface area (Å²) < 4.78 is 72.5. The van der Waals surface area contributed by atoms with Crippen molar-refractivity contribution in [3.8, 4) is 0 Å². The molecule has 0 aromatic carbocycles. The first-order valence-electron chi connectivity index (χ1n) is 11.4. The van der Waals surface area contributed by atoms with E-state index in [1.54, 1.807) is 0 Å². The third-order valence-corrected chi connectivity index (χ3v) is 10.8. The maximum Gasteiger partial charge on any atom is 0.330 e. The summed E-state index contributed by atoms with van der Waals surface area (Å²) in [5.74, 6) is 0. The number of aromatic amines is 1. The summed E-state index contributed by atoms with van der Waals surface area (Å²) in [6.07, 6.45) is -1.26. The fourth-order valence-electron chi connectivity index (χ4n) is 3.22. The Kier molecular flexibility index (Phi) is 12.8. The number of H-pyrrole nitrogens is 1. The number of nitrogens with two attached hydrogens (primary N) is 1. The van der Waals surface area contributed by atoms with Crippen molar-refractivity contribution in [2.75, 3.05) is 19.8 Å². The molecule has 0 saturated carbocycles. The SMILES string of the molecule is Cc1cn([C@H]2CC(O)[C@@H](COP(=O)([O-])OP(=O)([O-])OP(=O)([O-])OP(=O)([O-])OCCCCCCN)O2)c(=O)[nH]c1=O. The van der Waals surface area contributed by atoms with Crippen LogP contribution in [0.25, 0.3) is 0 Å². The molecule has 0 bridgehead atoms. The van der Waals surface area contributed by atoms with E-state index in [1.807, 2.05) is 4.98 Å². The number of hydrogen-bond donors (Lipinski definition) is 3. The zero-order valence-electron chi connectivity index (χ0n) is 20.8. The highest BCUT2D eigenvalue weighted by molar-refractivity contribution is 7.68.